The lowest BCUT2D eigenvalue weighted by Crippen LogP contribution is -2.35. The van der Waals surface area contributed by atoms with E-state index in [4.69, 9.17) is 5.11 Å². The van der Waals surface area contributed by atoms with Crippen LogP contribution in [0.2, 0.25) is 0 Å². The van der Waals surface area contributed by atoms with Crippen LogP contribution in [0.15, 0.2) is 5.16 Å². The van der Waals surface area contributed by atoms with E-state index < -0.39 is 0 Å². The molecule has 1 N–H and O–H groups in total. The molecule has 2 aromatic heterocycles. The summed E-state index contributed by atoms with van der Waals surface area (Å²) in [7, 11) is 0. The Kier molecular flexibility index (Phi) is 5.36. The molecule has 120 valence electrons. The summed E-state index contributed by atoms with van der Waals surface area (Å²) in [4.78, 5) is 22.8. The predicted molar refractivity (Wildman–Crippen MR) is 85.1 cm³/mol. The Balaban J connectivity index is 2.36. The topological polar surface area (TPSA) is 83.6 Å². The summed E-state index contributed by atoms with van der Waals surface area (Å²) in [5.41, 5.74) is 2.54. The van der Waals surface area contributed by atoms with Crippen molar-refractivity contribution < 1.29 is 9.90 Å². The van der Waals surface area contributed by atoms with Gasteiger partial charge in [-0.25, -0.2) is 9.50 Å². The van der Waals surface area contributed by atoms with Gasteiger partial charge in [0.25, 0.3) is 5.78 Å². The summed E-state index contributed by atoms with van der Waals surface area (Å²) < 4.78 is 1.68. The molecule has 22 heavy (non-hydrogen) atoms. The van der Waals surface area contributed by atoms with Crippen molar-refractivity contribution in [2.24, 2.45) is 0 Å². The fraction of sp³-hybridized carbons (Fsp3) is 0.571. The van der Waals surface area contributed by atoms with Crippen LogP contribution >= 0.6 is 11.8 Å². The molecule has 0 aliphatic rings. The number of aliphatic hydroxyl groups excluding tert-OH is 1. The number of nitrogens with zero attached hydrogens (tertiary/aromatic N) is 5. The van der Waals surface area contributed by atoms with Gasteiger partial charge in [-0.05, 0) is 27.0 Å². The Hall–Kier alpha value is -1.67. The summed E-state index contributed by atoms with van der Waals surface area (Å²) in [6, 6.07) is 0. The number of carbonyl (C=O) groups is 1. The molecule has 0 aliphatic carbocycles. The van der Waals surface area contributed by atoms with Gasteiger partial charge in [-0.2, -0.15) is 4.98 Å². The number of hydrogen-bond acceptors (Lipinski definition) is 6. The fourth-order valence-corrected chi connectivity index (χ4v) is 2.71. The molecule has 0 aliphatic heterocycles. The molecule has 1 amide bonds. The fourth-order valence-electron chi connectivity index (χ4n) is 2.38. The van der Waals surface area contributed by atoms with E-state index in [1.807, 2.05) is 27.0 Å². The Labute approximate surface area is 133 Å². The monoisotopic (exact) mass is 323 g/mol. The minimum absolute atomic E-state index is 0.0193. The number of amides is 1. The van der Waals surface area contributed by atoms with E-state index in [2.05, 4.69) is 15.1 Å². The first-order chi connectivity index (χ1) is 10.5. The van der Waals surface area contributed by atoms with Crippen LogP contribution in [0.3, 0.4) is 0 Å². The Morgan fingerprint density at radius 1 is 1.36 bits per heavy atom. The van der Waals surface area contributed by atoms with Gasteiger partial charge < -0.3 is 10.0 Å². The highest BCUT2D eigenvalue weighted by atomic mass is 32.2. The third-order valence-electron chi connectivity index (χ3n) is 3.64. The van der Waals surface area contributed by atoms with Crippen LogP contribution in [0.1, 0.15) is 23.9 Å². The molecule has 2 rings (SSSR count). The average molecular weight is 323 g/mol. The third-order valence-corrected chi connectivity index (χ3v) is 4.18. The van der Waals surface area contributed by atoms with Gasteiger partial charge in [0.1, 0.15) is 0 Å². The zero-order valence-corrected chi connectivity index (χ0v) is 14.1. The van der Waals surface area contributed by atoms with Gasteiger partial charge >= 0.3 is 0 Å². The number of thioether (sulfide) groups is 1. The van der Waals surface area contributed by atoms with Crippen LogP contribution in [-0.4, -0.2) is 61.4 Å². The zero-order valence-electron chi connectivity index (χ0n) is 13.3. The molecule has 2 heterocycles. The van der Waals surface area contributed by atoms with Crippen molar-refractivity contribution in [3.63, 3.8) is 0 Å². The van der Waals surface area contributed by atoms with E-state index in [0.717, 1.165) is 17.0 Å². The van der Waals surface area contributed by atoms with Crippen LogP contribution in [0.5, 0.6) is 0 Å². The maximum absolute atomic E-state index is 12.4. The van der Waals surface area contributed by atoms with Crippen LogP contribution in [-0.2, 0) is 11.2 Å². The van der Waals surface area contributed by atoms with E-state index in [-0.39, 0.29) is 18.9 Å². The Bertz CT molecular complexity index is 685. The minimum atomic E-state index is -0.0327. The standard InChI is InChI=1S/C14H21N5O2S/c1-5-18(6-7-20)12(21)8-11-9(2)15-13-16-14(22-4)17-19(13)10(11)3/h20H,5-8H2,1-4H3. The molecule has 0 saturated heterocycles. The molecular weight excluding hydrogens is 302 g/mol. The molecule has 0 atom stereocenters. The minimum Gasteiger partial charge on any atom is -0.395 e. The first-order valence-corrected chi connectivity index (χ1v) is 8.39. The highest BCUT2D eigenvalue weighted by Crippen LogP contribution is 2.17. The number of rotatable bonds is 6. The van der Waals surface area contributed by atoms with Crippen molar-refractivity contribution in [2.45, 2.75) is 32.3 Å². The van der Waals surface area contributed by atoms with Crippen molar-refractivity contribution in [2.75, 3.05) is 26.0 Å². The van der Waals surface area contributed by atoms with Gasteiger partial charge in [-0.3, -0.25) is 4.79 Å². The summed E-state index contributed by atoms with van der Waals surface area (Å²) in [5.74, 6) is 0.535. The van der Waals surface area contributed by atoms with Crippen molar-refractivity contribution >= 4 is 23.4 Å². The maximum Gasteiger partial charge on any atom is 0.253 e. The second-order valence-electron chi connectivity index (χ2n) is 4.95. The molecule has 0 spiro atoms. The summed E-state index contributed by atoms with van der Waals surface area (Å²) in [6.07, 6.45) is 2.17. The molecule has 7 nitrogen and oxygen atoms in total. The first kappa shape index (κ1) is 16.7. The Morgan fingerprint density at radius 3 is 2.68 bits per heavy atom. The first-order valence-electron chi connectivity index (χ1n) is 7.17. The maximum atomic E-state index is 12.4. The molecular formula is C14H21N5O2S. The lowest BCUT2D eigenvalue weighted by atomic mass is 10.1. The largest absolute Gasteiger partial charge is 0.395 e. The van der Waals surface area contributed by atoms with E-state index in [9.17, 15) is 4.79 Å². The van der Waals surface area contributed by atoms with Crippen LogP contribution in [0.4, 0.5) is 0 Å². The SMILES string of the molecule is CCN(CCO)C(=O)Cc1c(C)nc2nc(SC)nn2c1C. The molecule has 0 unspecified atom stereocenters. The zero-order chi connectivity index (χ0) is 16.3. The summed E-state index contributed by atoms with van der Waals surface area (Å²) >= 11 is 1.46. The average Bonchev–Trinajstić information content (AvgIpc) is 2.92. The molecule has 0 bridgehead atoms. The Morgan fingerprint density at radius 2 is 2.09 bits per heavy atom. The molecule has 0 aromatic carbocycles. The van der Waals surface area contributed by atoms with E-state index >= 15 is 0 Å². The highest BCUT2D eigenvalue weighted by Gasteiger charge is 2.18. The predicted octanol–water partition coefficient (Wildman–Crippen LogP) is 0.846. The van der Waals surface area contributed by atoms with Crippen LogP contribution < -0.4 is 0 Å². The van der Waals surface area contributed by atoms with Crippen molar-refractivity contribution in [3.8, 4) is 0 Å². The number of likely N-dealkylation sites (N-methyl/N-ethyl adjacent to an activating group) is 1. The molecule has 0 fully saturated rings. The molecule has 0 saturated carbocycles. The number of fused-ring (bicyclic) bond motifs is 1. The van der Waals surface area contributed by atoms with E-state index in [1.165, 1.54) is 11.8 Å². The van der Waals surface area contributed by atoms with Crippen LogP contribution in [0, 0.1) is 13.8 Å². The van der Waals surface area contributed by atoms with Crippen molar-refractivity contribution in [1.29, 1.82) is 0 Å². The normalized spacial score (nSPS) is 11.1. The van der Waals surface area contributed by atoms with Gasteiger partial charge in [-0.15, -0.1) is 5.10 Å². The summed E-state index contributed by atoms with van der Waals surface area (Å²) in [6.45, 7) is 6.60. The lowest BCUT2D eigenvalue weighted by molar-refractivity contribution is -0.130. The van der Waals surface area contributed by atoms with Gasteiger partial charge in [0.15, 0.2) is 0 Å². The van der Waals surface area contributed by atoms with E-state index in [1.54, 1.807) is 9.42 Å². The third kappa shape index (κ3) is 3.22. The molecule has 2 aromatic rings. The van der Waals surface area contributed by atoms with Gasteiger partial charge in [-0.1, -0.05) is 11.8 Å². The number of aliphatic hydroxyl groups is 1. The number of hydrogen-bond donors (Lipinski definition) is 1. The molecule has 8 heteroatoms. The van der Waals surface area contributed by atoms with Gasteiger partial charge in [0.05, 0.1) is 13.0 Å². The smallest absolute Gasteiger partial charge is 0.253 e. The lowest BCUT2D eigenvalue weighted by Gasteiger charge is -2.20. The second-order valence-corrected chi connectivity index (χ2v) is 5.72. The number of aromatic nitrogens is 4. The molecule has 0 radical (unpaired) electrons. The van der Waals surface area contributed by atoms with E-state index in [0.29, 0.717) is 24.0 Å². The number of carbonyl (C=O) groups excluding carboxylic acids is 1. The van der Waals surface area contributed by atoms with Gasteiger partial charge in [0, 0.05) is 30.0 Å². The number of aryl methyl sites for hydroxylation is 2. The van der Waals surface area contributed by atoms with Gasteiger partial charge in [0.2, 0.25) is 11.1 Å². The van der Waals surface area contributed by atoms with Crippen molar-refractivity contribution in [3.05, 3.63) is 17.0 Å². The summed E-state index contributed by atoms with van der Waals surface area (Å²) in [5, 5.41) is 14.1. The second kappa shape index (κ2) is 7.06. The highest BCUT2D eigenvalue weighted by molar-refractivity contribution is 7.98. The quantitative estimate of drug-likeness (QED) is 0.793. The van der Waals surface area contributed by atoms with Crippen molar-refractivity contribution in [1.82, 2.24) is 24.5 Å². The van der Waals surface area contributed by atoms with Crippen LogP contribution in [0.25, 0.3) is 5.78 Å².